The third-order valence-corrected chi connectivity index (χ3v) is 3.42. The molecule has 0 saturated heterocycles. The third kappa shape index (κ3) is 4.67. The molecule has 0 radical (unpaired) electrons. The minimum Gasteiger partial charge on any atom is -0.492 e. The van der Waals surface area contributed by atoms with Crippen LogP contribution in [0.1, 0.15) is 5.56 Å². The average molecular weight is 314 g/mol. The van der Waals surface area contributed by atoms with Crippen molar-refractivity contribution in [3.63, 3.8) is 0 Å². The van der Waals surface area contributed by atoms with Crippen molar-refractivity contribution in [2.24, 2.45) is 0 Å². The van der Waals surface area contributed by atoms with Crippen LogP contribution in [-0.2, 0) is 6.54 Å². The second kappa shape index (κ2) is 7.48. The molecule has 2 nitrogen and oxygen atoms in total. The zero-order valence-corrected chi connectivity index (χ0v) is 12.2. The van der Waals surface area contributed by atoms with E-state index in [0.717, 1.165) is 5.56 Å². The molecule has 0 amide bonds. The quantitative estimate of drug-likeness (QED) is 0.803. The van der Waals surface area contributed by atoms with E-state index in [9.17, 15) is 4.39 Å². The molecule has 0 aliphatic heterocycles. The van der Waals surface area contributed by atoms with Crippen LogP contribution in [0.5, 0.6) is 5.75 Å². The van der Waals surface area contributed by atoms with Gasteiger partial charge in [-0.25, -0.2) is 4.39 Å². The first-order valence-corrected chi connectivity index (χ1v) is 6.94. The fourth-order valence-electron chi connectivity index (χ4n) is 1.64. The molecule has 2 aromatic rings. The van der Waals surface area contributed by atoms with Crippen molar-refractivity contribution in [3.05, 3.63) is 63.9 Å². The van der Waals surface area contributed by atoms with Crippen LogP contribution in [0.25, 0.3) is 0 Å². The van der Waals surface area contributed by atoms with Crippen LogP contribution in [0.3, 0.4) is 0 Å². The van der Waals surface area contributed by atoms with Crippen LogP contribution in [-0.4, -0.2) is 13.2 Å². The number of hydrogen-bond donors (Lipinski definition) is 1. The van der Waals surface area contributed by atoms with Gasteiger partial charge in [-0.1, -0.05) is 35.3 Å². The molecule has 0 fully saturated rings. The summed E-state index contributed by atoms with van der Waals surface area (Å²) in [6, 6.07) is 11.6. The maximum absolute atomic E-state index is 12.7. The Labute approximate surface area is 127 Å². The first kappa shape index (κ1) is 15.1. The van der Waals surface area contributed by atoms with Gasteiger partial charge in [-0.2, -0.15) is 0 Å². The minimum atomic E-state index is -0.225. The second-order valence-electron chi connectivity index (χ2n) is 4.23. The third-order valence-electron chi connectivity index (χ3n) is 2.68. The van der Waals surface area contributed by atoms with Crippen molar-refractivity contribution >= 4 is 23.2 Å². The molecule has 0 bridgehead atoms. The summed E-state index contributed by atoms with van der Waals surface area (Å²) >= 11 is 11.7. The van der Waals surface area contributed by atoms with E-state index in [2.05, 4.69) is 5.32 Å². The van der Waals surface area contributed by atoms with Crippen molar-refractivity contribution in [3.8, 4) is 5.75 Å². The van der Waals surface area contributed by atoms with Crippen molar-refractivity contribution in [2.45, 2.75) is 6.54 Å². The Balaban J connectivity index is 1.68. The maximum Gasteiger partial charge on any atom is 0.123 e. The van der Waals surface area contributed by atoms with Gasteiger partial charge in [-0.05, 0) is 29.8 Å². The molecule has 0 aliphatic carbocycles. The van der Waals surface area contributed by atoms with E-state index in [1.807, 2.05) is 0 Å². The van der Waals surface area contributed by atoms with Crippen molar-refractivity contribution < 1.29 is 9.13 Å². The molecular weight excluding hydrogens is 300 g/mol. The molecule has 5 heteroatoms. The van der Waals surface area contributed by atoms with Crippen molar-refractivity contribution in [1.82, 2.24) is 5.32 Å². The molecule has 20 heavy (non-hydrogen) atoms. The monoisotopic (exact) mass is 313 g/mol. The summed E-state index contributed by atoms with van der Waals surface area (Å²) in [5.41, 5.74) is 1.03. The molecule has 106 valence electrons. The van der Waals surface area contributed by atoms with Crippen LogP contribution in [0.2, 0.25) is 10.0 Å². The average Bonchev–Trinajstić information content (AvgIpc) is 2.44. The lowest BCUT2D eigenvalue weighted by atomic mass is 10.2. The Morgan fingerprint density at radius 1 is 1.00 bits per heavy atom. The topological polar surface area (TPSA) is 21.3 Å². The van der Waals surface area contributed by atoms with Gasteiger partial charge in [0.25, 0.3) is 0 Å². The van der Waals surface area contributed by atoms with Crippen molar-refractivity contribution in [1.29, 1.82) is 0 Å². The highest BCUT2D eigenvalue weighted by molar-refractivity contribution is 6.42. The molecule has 1 N–H and O–H groups in total. The van der Waals surface area contributed by atoms with Gasteiger partial charge >= 0.3 is 0 Å². The Morgan fingerprint density at radius 2 is 1.75 bits per heavy atom. The number of ether oxygens (including phenoxy) is 1. The number of hydrogen-bond acceptors (Lipinski definition) is 2. The Bertz CT molecular complexity index is 560. The van der Waals surface area contributed by atoms with Gasteiger partial charge in [0.15, 0.2) is 0 Å². The van der Waals surface area contributed by atoms with Crippen LogP contribution < -0.4 is 10.1 Å². The lowest BCUT2D eigenvalue weighted by Gasteiger charge is -2.08. The van der Waals surface area contributed by atoms with Crippen LogP contribution in [0.15, 0.2) is 42.5 Å². The standard InChI is InChI=1S/C15H14Cl2FNO/c16-14-6-5-13(9-15(14)17)20-8-7-19-10-11-1-3-12(18)4-2-11/h1-6,9,19H,7-8,10H2. The molecule has 0 spiro atoms. The summed E-state index contributed by atoms with van der Waals surface area (Å²) in [4.78, 5) is 0. The Kier molecular flexibility index (Phi) is 5.65. The van der Waals surface area contributed by atoms with Gasteiger partial charge in [0.1, 0.15) is 18.2 Å². The first-order valence-electron chi connectivity index (χ1n) is 6.18. The highest BCUT2D eigenvalue weighted by atomic mass is 35.5. The van der Waals surface area contributed by atoms with Gasteiger partial charge in [0, 0.05) is 19.2 Å². The second-order valence-corrected chi connectivity index (χ2v) is 5.04. The Hall–Kier alpha value is -1.29. The summed E-state index contributed by atoms with van der Waals surface area (Å²) in [5, 5.41) is 4.19. The SMILES string of the molecule is Fc1ccc(CNCCOc2ccc(Cl)c(Cl)c2)cc1. The minimum absolute atomic E-state index is 0.225. The maximum atomic E-state index is 12.7. The number of benzene rings is 2. The number of halogens is 3. The highest BCUT2D eigenvalue weighted by Gasteiger charge is 2.00. The number of rotatable bonds is 6. The molecule has 0 atom stereocenters. The van der Waals surface area contributed by atoms with E-state index in [1.165, 1.54) is 12.1 Å². The summed E-state index contributed by atoms with van der Waals surface area (Å²) in [7, 11) is 0. The molecule has 0 saturated carbocycles. The predicted molar refractivity (Wildman–Crippen MR) is 80.1 cm³/mol. The van der Waals surface area contributed by atoms with Crippen molar-refractivity contribution in [2.75, 3.05) is 13.2 Å². The lowest BCUT2D eigenvalue weighted by Crippen LogP contribution is -2.20. The number of nitrogens with one attached hydrogen (secondary N) is 1. The highest BCUT2D eigenvalue weighted by Crippen LogP contribution is 2.26. The molecular formula is C15H14Cl2FNO. The molecule has 0 heterocycles. The van der Waals surface area contributed by atoms with E-state index >= 15 is 0 Å². The van der Waals surface area contributed by atoms with Gasteiger partial charge in [-0.3, -0.25) is 0 Å². The van der Waals surface area contributed by atoms with Crippen LogP contribution >= 0.6 is 23.2 Å². The summed E-state index contributed by atoms with van der Waals surface area (Å²) in [6.45, 7) is 1.86. The van der Waals surface area contributed by atoms with Gasteiger partial charge in [0.2, 0.25) is 0 Å². The summed E-state index contributed by atoms with van der Waals surface area (Å²) in [6.07, 6.45) is 0. The van der Waals surface area contributed by atoms with Gasteiger partial charge in [-0.15, -0.1) is 0 Å². The normalized spacial score (nSPS) is 10.6. The smallest absolute Gasteiger partial charge is 0.123 e. The molecule has 2 rings (SSSR count). The molecule has 2 aromatic carbocycles. The predicted octanol–water partition coefficient (Wildman–Crippen LogP) is 4.30. The summed E-state index contributed by atoms with van der Waals surface area (Å²) < 4.78 is 18.3. The van der Waals surface area contributed by atoms with E-state index in [-0.39, 0.29) is 5.82 Å². The molecule has 0 aromatic heterocycles. The Morgan fingerprint density at radius 3 is 2.45 bits per heavy atom. The van der Waals surface area contributed by atoms with Crippen LogP contribution in [0.4, 0.5) is 4.39 Å². The van der Waals surface area contributed by atoms with Gasteiger partial charge < -0.3 is 10.1 Å². The fourth-order valence-corrected chi connectivity index (χ4v) is 1.93. The molecule has 0 aliphatic rings. The molecule has 0 unspecified atom stereocenters. The summed E-state index contributed by atoms with van der Waals surface area (Å²) in [5.74, 6) is 0.458. The zero-order valence-electron chi connectivity index (χ0n) is 10.7. The fraction of sp³-hybridized carbons (Fsp3) is 0.200. The first-order chi connectivity index (χ1) is 9.65. The van der Waals surface area contributed by atoms with E-state index in [4.69, 9.17) is 27.9 Å². The zero-order chi connectivity index (χ0) is 14.4. The van der Waals surface area contributed by atoms with E-state index in [1.54, 1.807) is 30.3 Å². The van der Waals surface area contributed by atoms with E-state index < -0.39 is 0 Å². The van der Waals surface area contributed by atoms with Gasteiger partial charge in [0.05, 0.1) is 10.0 Å². The largest absolute Gasteiger partial charge is 0.492 e. The van der Waals surface area contributed by atoms with Crippen LogP contribution in [0, 0.1) is 5.82 Å². The van der Waals surface area contributed by atoms with E-state index in [0.29, 0.717) is 35.5 Å². The lowest BCUT2D eigenvalue weighted by molar-refractivity contribution is 0.313.